The Morgan fingerprint density at radius 1 is 1.24 bits per heavy atom. The number of likely N-dealkylation sites (tertiary alicyclic amines) is 1. The molecule has 1 aliphatic heterocycles. The van der Waals surface area contributed by atoms with Crippen LogP contribution in [0.25, 0.3) is 0 Å². The average Bonchev–Trinajstić information content (AvgIpc) is 3.22. The number of amides is 3. The Labute approximate surface area is 156 Å². The summed E-state index contributed by atoms with van der Waals surface area (Å²) in [5.74, 6) is 1.34. The third-order valence-electron chi connectivity index (χ3n) is 4.91. The van der Waals surface area contributed by atoms with Gasteiger partial charge in [0.05, 0.1) is 11.8 Å². The van der Waals surface area contributed by atoms with Gasteiger partial charge < -0.3 is 5.32 Å². The first kappa shape index (κ1) is 18.5. The molecule has 1 saturated heterocycles. The van der Waals surface area contributed by atoms with Gasteiger partial charge in [0.25, 0.3) is 0 Å². The predicted molar refractivity (Wildman–Crippen MR) is 100 cm³/mol. The Hall–Kier alpha value is -1.34. The maximum Gasteiger partial charge on any atom is 0.233 e. The van der Waals surface area contributed by atoms with Crippen molar-refractivity contribution in [3.05, 3.63) is 22.4 Å². The van der Waals surface area contributed by atoms with Gasteiger partial charge in [-0.3, -0.25) is 19.3 Å². The summed E-state index contributed by atoms with van der Waals surface area (Å²) in [5, 5.41) is 7.07. The maximum absolute atomic E-state index is 12.3. The largest absolute Gasteiger partial charge is 0.355 e. The average molecular weight is 381 g/mol. The number of thioether (sulfide) groups is 1. The minimum Gasteiger partial charge on any atom is -0.355 e. The van der Waals surface area contributed by atoms with Crippen LogP contribution < -0.4 is 5.32 Å². The van der Waals surface area contributed by atoms with Gasteiger partial charge in [-0.25, -0.2) is 0 Å². The molecule has 2 fully saturated rings. The summed E-state index contributed by atoms with van der Waals surface area (Å²) < 4.78 is 0. The summed E-state index contributed by atoms with van der Waals surface area (Å²) in [6.07, 6.45) is 3.89. The smallest absolute Gasteiger partial charge is 0.233 e. The van der Waals surface area contributed by atoms with Crippen molar-refractivity contribution in [3.8, 4) is 0 Å². The SMILES string of the molecule is O=C(CCN1C(=O)C2CCCCC2C1=O)NCCSCc1ccsc1. The standard InChI is InChI=1S/C18H24N2O3S2/c21-16(19-7-10-25-12-13-6-9-24-11-13)5-8-20-17(22)14-3-1-2-4-15(14)18(20)23/h6,9,11,14-15H,1-5,7-8,10,12H2,(H,19,21). The first-order chi connectivity index (χ1) is 12.2. The van der Waals surface area contributed by atoms with E-state index in [0.29, 0.717) is 6.54 Å². The minimum atomic E-state index is -0.127. The van der Waals surface area contributed by atoms with Crippen LogP contribution in [0, 0.1) is 11.8 Å². The molecule has 2 aliphatic rings. The highest BCUT2D eigenvalue weighted by Crippen LogP contribution is 2.37. The highest BCUT2D eigenvalue weighted by Gasteiger charge is 2.47. The molecule has 2 atom stereocenters. The Bertz CT molecular complexity index is 594. The van der Waals surface area contributed by atoms with Crippen LogP contribution in [0.15, 0.2) is 16.8 Å². The first-order valence-corrected chi connectivity index (χ1v) is 11.0. The summed E-state index contributed by atoms with van der Waals surface area (Å²) in [5.41, 5.74) is 1.31. The molecule has 25 heavy (non-hydrogen) atoms. The molecule has 2 heterocycles. The number of hydrogen-bond donors (Lipinski definition) is 1. The molecule has 1 N–H and O–H groups in total. The van der Waals surface area contributed by atoms with Gasteiger partial charge in [-0.05, 0) is 35.2 Å². The molecule has 0 aromatic carbocycles. The van der Waals surface area contributed by atoms with Gasteiger partial charge in [-0.1, -0.05) is 12.8 Å². The van der Waals surface area contributed by atoms with Crippen LogP contribution in [0.3, 0.4) is 0 Å². The molecule has 5 nitrogen and oxygen atoms in total. The van der Waals surface area contributed by atoms with Crippen molar-refractivity contribution in [2.45, 2.75) is 37.9 Å². The summed E-state index contributed by atoms with van der Waals surface area (Å²) in [6.45, 7) is 0.833. The first-order valence-electron chi connectivity index (χ1n) is 8.87. The van der Waals surface area contributed by atoms with Gasteiger partial charge in [0.15, 0.2) is 0 Å². The molecule has 3 amide bonds. The van der Waals surface area contributed by atoms with Gasteiger partial charge in [0.1, 0.15) is 0 Å². The summed E-state index contributed by atoms with van der Waals surface area (Å²) in [4.78, 5) is 38.0. The van der Waals surface area contributed by atoms with Crippen LogP contribution in [-0.4, -0.2) is 41.5 Å². The molecule has 0 radical (unpaired) electrons. The number of nitrogens with one attached hydrogen (secondary N) is 1. The van der Waals surface area contributed by atoms with E-state index in [1.165, 1.54) is 10.5 Å². The zero-order valence-electron chi connectivity index (χ0n) is 14.2. The molecule has 3 rings (SSSR count). The molecule has 136 valence electrons. The molecule has 1 aromatic heterocycles. The molecule has 0 bridgehead atoms. The maximum atomic E-state index is 12.3. The number of fused-ring (bicyclic) bond motifs is 1. The predicted octanol–water partition coefficient (Wildman–Crippen LogP) is 2.66. The molecular formula is C18H24N2O3S2. The Kier molecular flexibility index (Phi) is 6.53. The van der Waals surface area contributed by atoms with Gasteiger partial charge in [0.2, 0.25) is 17.7 Å². The second kappa shape index (κ2) is 8.85. The normalized spacial score (nSPS) is 23.0. The van der Waals surface area contributed by atoms with Crippen molar-refractivity contribution in [2.24, 2.45) is 11.8 Å². The molecule has 2 unspecified atom stereocenters. The highest BCUT2D eigenvalue weighted by molar-refractivity contribution is 7.98. The van der Waals surface area contributed by atoms with Crippen LogP contribution in [0.5, 0.6) is 0 Å². The lowest BCUT2D eigenvalue weighted by Crippen LogP contribution is -2.36. The zero-order chi connectivity index (χ0) is 17.6. The van der Waals surface area contributed by atoms with Crippen molar-refractivity contribution in [1.82, 2.24) is 10.2 Å². The van der Waals surface area contributed by atoms with Crippen molar-refractivity contribution >= 4 is 40.8 Å². The number of carbonyl (C=O) groups excluding carboxylic acids is 3. The van der Waals surface area contributed by atoms with Gasteiger partial charge in [0, 0.05) is 31.0 Å². The second-order valence-corrected chi connectivity index (χ2v) is 8.49. The van der Waals surface area contributed by atoms with E-state index in [1.54, 1.807) is 23.1 Å². The van der Waals surface area contributed by atoms with E-state index >= 15 is 0 Å². The topological polar surface area (TPSA) is 66.5 Å². The fourth-order valence-electron chi connectivity index (χ4n) is 3.58. The van der Waals surface area contributed by atoms with Gasteiger partial charge >= 0.3 is 0 Å². The molecule has 1 aromatic rings. The lowest BCUT2D eigenvalue weighted by atomic mass is 9.81. The second-order valence-electron chi connectivity index (χ2n) is 6.61. The molecule has 1 aliphatic carbocycles. The summed E-state index contributed by atoms with van der Waals surface area (Å²) in [6, 6.07) is 2.11. The van der Waals surface area contributed by atoms with Crippen molar-refractivity contribution in [2.75, 3.05) is 18.8 Å². The van der Waals surface area contributed by atoms with E-state index in [-0.39, 0.29) is 42.5 Å². The fourth-order valence-corrected chi connectivity index (χ4v) is 5.16. The lowest BCUT2D eigenvalue weighted by molar-refractivity contribution is -0.140. The van der Waals surface area contributed by atoms with Gasteiger partial charge in [-0.15, -0.1) is 0 Å². The Balaban J connectivity index is 1.33. The van der Waals surface area contributed by atoms with E-state index in [9.17, 15) is 14.4 Å². The zero-order valence-corrected chi connectivity index (χ0v) is 15.9. The number of carbonyl (C=O) groups is 3. The van der Waals surface area contributed by atoms with Crippen molar-refractivity contribution < 1.29 is 14.4 Å². The molecule has 0 spiro atoms. The van der Waals surface area contributed by atoms with E-state index < -0.39 is 0 Å². The van der Waals surface area contributed by atoms with Crippen LogP contribution in [0.4, 0.5) is 0 Å². The monoisotopic (exact) mass is 380 g/mol. The fraction of sp³-hybridized carbons (Fsp3) is 0.611. The lowest BCUT2D eigenvalue weighted by Gasteiger charge is -2.19. The van der Waals surface area contributed by atoms with Crippen molar-refractivity contribution in [3.63, 3.8) is 0 Å². The third kappa shape index (κ3) is 4.64. The van der Waals surface area contributed by atoms with E-state index in [2.05, 4.69) is 22.1 Å². The summed E-state index contributed by atoms with van der Waals surface area (Å²) in [7, 11) is 0. The Morgan fingerprint density at radius 2 is 1.96 bits per heavy atom. The number of hydrogen-bond acceptors (Lipinski definition) is 5. The quantitative estimate of drug-likeness (QED) is 0.556. The molecular weight excluding hydrogens is 356 g/mol. The third-order valence-corrected chi connectivity index (χ3v) is 6.67. The summed E-state index contributed by atoms with van der Waals surface area (Å²) >= 11 is 3.48. The van der Waals surface area contributed by atoms with Crippen LogP contribution >= 0.6 is 23.1 Å². The Morgan fingerprint density at radius 3 is 2.60 bits per heavy atom. The molecule has 1 saturated carbocycles. The molecule has 7 heteroatoms. The van der Waals surface area contributed by atoms with E-state index in [4.69, 9.17) is 0 Å². The number of thiophene rings is 1. The number of rotatable bonds is 8. The van der Waals surface area contributed by atoms with E-state index in [0.717, 1.165) is 37.2 Å². The van der Waals surface area contributed by atoms with Crippen molar-refractivity contribution in [1.29, 1.82) is 0 Å². The van der Waals surface area contributed by atoms with Gasteiger partial charge in [-0.2, -0.15) is 23.1 Å². The van der Waals surface area contributed by atoms with Crippen LogP contribution in [0.2, 0.25) is 0 Å². The number of imide groups is 1. The van der Waals surface area contributed by atoms with Crippen LogP contribution in [0.1, 0.15) is 37.7 Å². The highest BCUT2D eigenvalue weighted by atomic mass is 32.2. The van der Waals surface area contributed by atoms with E-state index in [1.807, 2.05) is 0 Å². The number of nitrogens with zero attached hydrogens (tertiary/aromatic N) is 1. The minimum absolute atomic E-state index is 0.0613. The van der Waals surface area contributed by atoms with Crippen LogP contribution in [-0.2, 0) is 20.1 Å².